The number of benzene rings is 2. The minimum Gasteiger partial charge on any atom is -0.496 e. The van der Waals surface area contributed by atoms with Gasteiger partial charge in [0.25, 0.3) is 5.91 Å². The van der Waals surface area contributed by atoms with Crippen molar-refractivity contribution in [1.82, 2.24) is 10.2 Å². The van der Waals surface area contributed by atoms with Crippen molar-refractivity contribution in [3.63, 3.8) is 0 Å². The first-order valence-corrected chi connectivity index (χ1v) is 12.4. The third-order valence-electron chi connectivity index (χ3n) is 6.12. The van der Waals surface area contributed by atoms with Crippen molar-refractivity contribution in [2.24, 2.45) is 11.7 Å². The first-order valence-electron chi connectivity index (χ1n) is 11.2. The molecule has 1 saturated heterocycles. The van der Waals surface area contributed by atoms with Crippen LogP contribution in [0.1, 0.15) is 41.3 Å². The van der Waals surface area contributed by atoms with E-state index in [0.717, 1.165) is 25.9 Å². The van der Waals surface area contributed by atoms with Crippen molar-refractivity contribution < 1.29 is 19.1 Å². The molecule has 2 aromatic carbocycles. The fourth-order valence-corrected chi connectivity index (χ4v) is 4.74. The normalized spacial score (nSPS) is 15.4. The molecule has 0 aromatic heterocycles. The van der Waals surface area contributed by atoms with E-state index in [9.17, 15) is 9.59 Å². The highest BCUT2D eigenvalue weighted by atomic mass is 35.5. The average Bonchev–Trinajstić information content (AvgIpc) is 2.84. The first kappa shape index (κ1) is 27.2. The topological polar surface area (TPSA) is 120 Å². The Balaban J connectivity index is 1.50. The van der Waals surface area contributed by atoms with Crippen LogP contribution in [0.15, 0.2) is 30.3 Å². The number of likely N-dealkylation sites (tertiary alicyclic amines) is 1. The third kappa shape index (κ3) is 7.30. The Morgan fingerprint density at radius 1 is 1.17 bits per heavy atom. The fourth-order valence-electron chi connectivity index (χ4n) is 4.15. The number of nitrogens with one attached hydrogen (secondary N) is 1. The van der Waals surface area contributed by atoms with E-state index in [2.05, 4.69) is 10.2 Å². The van der Waals surface area contributed by atoms with Gasteiger partial charge in [-0.3, -0.25) is 4.79 Å². The summed E-state index contributed by atoms with van der Waals surface area (Å²) in [6.45, 7) is 2.94. The molecule has 1 unspecified atom stereocenters. The van der Waals surface area contributed by atoms with Crippen LogP contribution < -0.4 is 21.5 Å². The van der Waals surface area contributed by atoms with Crippen LogP contribution >= 0.6 is 34.8 Å². The molecule has 1 heterocycles. The summed E-state index contributed by atoms with van der Waals surface area (Å²) in [6.07, 6.45) is 0.914. The first-order chi connectivity index (χ1) is 16.7. The van der Waals surface area contributed by atoms with Crippen molar-refractivity contribution in [3.8, 4) is 5.75 Å². The molecule has 8 nitrogen and oxygen atoms in total. The number of hydrogen-bond donors (Lipinski definition) is 3. The Kier molecular flexibility index (Phi) is 9.74. The Morgan fingerprint density at radius 2 is 1.89 bits per heavy atom. The molecule has 2 aromatic rings. The van der Waals surface area contributed by atoms with Crippen LogP contribution in [0.5, 0.6) is 5.75 Å². The van der Waals surface area contributed by atoms with E-state index in [1.807, 2.05) is 0 Å². The van der Waals surface area contributed by atoms with E-state index in [0.29, 0.717) is 63.1 Å². The maximum absolute atomic E-state index is 12.7. The molecule has 0 aliphatic carbocycles. The van der Waals surface area contributed by atoms with Gasteiger partial charge in [0.05, 0.1) is 33.4 Å². The van der Waals surface area contributed by atoms with Crippen LogP contribution in [0.25, 0.3) is 0 Å². The number of primary amides is 1. The van der Waals surface area contributed by atoms with Crippen molar-refractivity contribution in [1.29, 1.82) is 0 Å². The highest BCUT2D eigenvalue weighted by Gasteiger charge is 2.24. The number of carbonyl (C=O) groups excluding carboxylic acids is 2. The number of hydrogen-bond acceptors (Lipinski definition) is 6. The van der Waals surface area contributed by atoms with Crippen LogP contribution in [0.3, 0.4) is 0 Å². The molecule has 0 spiro atoms. The van der Waals surface area contributed by atoms with Crippen LogP contribution in [-0.4, -0.2) is 50.2 Å². The molecule has 1 aliphatic rings. The summed E-state index contributed by atoms with van der Waals surface area (Å²) in [4.78, 5) is 26.4. The summed E-state index contributed by atoms with van der Waals surface area (Å²) in [7, 11) is 1.48. The zero-order chi connectivity index (χ0) is 25.5. The van der Waals surface area contributed by atoms with E-state index < -0.39 is 12.2 Å². The number of nitrogens with zero attached hydrogens (tertiary/aromatic N) is 1. The second-order valence-corrected chi connectivity index (χ2v) is 9.62. The van der Waals surface area contributed by atoms with Crippen molar-refractivity contribution in [2.45, 2.75) is 25.4 Å². The van der Waals surface area contributed by atoms with E-state index in [4.69, 9.17) is 55.7 Å². The van der Waals surface area contributed by atoms with Gasteiger partial charge in [-0.25, -0.2) is 4.79 Å². The number of rotatable bonds is 9. The molecule has 11 heteroatoms. The van der Waals surface area contributed by atoms with Gasteiger partial charge >= 0.3 is 6.09 Å². The minimum atomic E-state index is -0.862. The smallest absolute Gasteiger partial charge is 0.405 e. The summed E-state index contributed by atoms with van der Waals surface area (Å²) in [5.41, 5.74) is 12.4. The van der Waals surface area contributed by atoms with E-state index >= 15 is 0 Å². The largest absolute Gasteiger partial charge is 0.496 e. The van der Waals surface area contributed by atoms with Crippen LogP contribution in [0.4, 0.5) is 10.5 Å². The minimum absolute atomic E-state index is 0.254. The molecule has 1 atom stereocenters. The highest BCUT2D eigenvalue weighted by molar-refractivity contribution is 6.42. The number of methoxy groups -OCH3 is 1. The zero-order valence-electron chi connectivity index (χ0n) is 19.4. The average molecular weight is 544 g/mol. The summed E-state index contributed by atoms with van der Waals surface area (Å²) in [6, 6.07) is 8.27. The number of ether oxygens (including phenoxy) is 2. The molecule has 1 aliphatic heterocycles. The van der Waals surface area contributed by atoms with Crippen LogP contribution in [0, 0.1) is 5.92 Å². The molecule has 2 amide bonds. The quantitative estimate of drug-likeness (QED) is 0.387. The van der Waals surface area contributed by atoms with Gasteiger partial charge in [0.2, 0.25) is 0 Å². The number of piperidine rings is 1. The van der Waals surface area contributed by atoms with Gasteiger partial charge in [-0.15, -0.1) is 0 Å². The lowest BCUT2D eigenvalue weighted by Gasteiger charge is -2.33. The van der Waals surface area contributed by atoms with Gasteiger partial charge in [-0.2, -0.15) is 0 Å². The van der Waals surface area contributed by atoms with E-state index in [1.165, 1.54) is 13.2 Å². The summed E-state index contributed by atoms with van der Waals surface area (Å²) in [5, 5.41) is 4.03. The second-order valence-electron chi connectivity index (χ2n) is 8.43. The predicted molar refractivity (Wildman–Crippen MR) is 138 cm³/mol. The molecule has 0 radical (unpaired) electrons. The molecular formula is C24H29Cl3N4O4. The summed E-state index contributed by atoms with van der Waals surface area (Å²) >= 11 is 18.5. The predicted octanol–water partition coefficient (Wildman–Crippen LogP) is 4.91. The third-order valence-corrected chi connectivity index (χ3v) is 7.28. The Hall–Kier alpha value is -2.39. The summed E-state index contributed by atoms with van der Waals surface area (Å²) < 4.78 is 10.6. The van der Waals surface area contributed by atoms with Gasteiger partial charge in [-0.1, -0.05) is 46.9 Å². The number of nitrogens with two attached hydrogens (primary N) is 2. The Labute approximate surface area is 219 Å². The maximum Gasteiger partial charge on any atom is 0.405 e. The monoisotopic (exact) mass is 542 g/mol. The lowest BCUT2D eigenvalue weighted by atomic mass is 9.96. The number of anilines is 1. The van der Waals surface area contributed by atoms with Gasteiger partial charge < -0.3 is 31.2 Å². The molecule has 1 fully saturated rings. The second kappa shape index (κ2) is 12.5. The van der Waals surface area contributed by atoms with E-state index in [-0.39, 0.29) is 5.91 Å². The molecule has 3 rings (SSSR count). The molecular weight excluding hydrogens is 515 g/mol. The van der Waals surface area contributed by atoms with Crippen molar-refractivity contribution in [3.05, 3.63) is 56.5 Å². The van der Waals surface area contributed by atoms with Crippen molar-refractivity contribution >= 4 is 52.5 Å². The molecule has 35 heavy (non-hydrogen) atoms. The van der Waals surface area contributed by atoms with Gasteiger partial charge in [0.1, 0.15) is 11.9 Å². The summed E-state index contributed by atoms with van der Waals surface area (Å²) in [5.74, 6) is 0.466. The van der Waals surface area contributed by atoms with Gasteiger partial charge in [0.15, 0.2) is 0 Å². The van der Waals surface area contributed by atoms with Gasteiger partial charge in [-0.05, 0) is 44.0 Å². The van der Waals surface area contributed by atoms with Crippen LogP contribution in [0.2, 0.25) is 15.1 Å². The molecule has 190 valence electrons. The van der Waals surface area contributed by atoms with Gasteiger partial charge in [0, 0.05) is 31.1 Å². The fraction of sp³-hybridized carbons (Fsp3) is 0.417. The number of nitrogen functional groups attached to an aromatic ring is 1. The number of carbonyl (C=O) groups is 2. The van der Waals surface area contributed by atoms with Crippen molar-refractivity contribution in [2.75, 3.05) is 39.0 Å². The lowest BCUT2D eigenvalue weighted by molar-refractivity contribution is 0.0841. The lowest BCUT2D eigenvalue weighted by Crippen LogP contribution is -2.39. The maximum atomic E-state index is 12.7. The van der Waals surface area contributed by atoms with Crippen LogP contribution in [-0.2, 0) is 4.74 Å². The number of halogens is 3. The standard InChI is InChI=1S/C24H29Cl3N4O4/c1-34-21-12-19(28)18(26)11-16(21)23(32)30-13-14-5-8-31(9-6-14)10-7-20(35-24(29)33)15-3-2-4-17(25)22(15)27/h2-4,11-12,14,20H,5-10,13,28H2,1H3,(H2,29,33)(H,30,32). The highest BCUT2D eigenvalue weighted by Crippen LogP contribution is 2.34. The molecule has 0 saturated carbocycles. The Bertz CT molecular complexity index is 1060. The molecule has 0 bridgehead atoms. The van der Waals surface area contributed by atoms with E-state index in [1.54, 1.807) is 24.3 Å². The Morgan fingerprint density at radius 3 is 2.54 bits per heavy atom. The zero-order valence-corrected chi connectivity index (χ0v) is 21.6. The number of amides is 2. The SMILES string of the molecule is COc1cc(N)c(Cl)cc1C(=O)NCC1CCN(CCC(OC(N)=O)c2cccc(Cl)c2Cl)CC1. The molecule has 5 N–H and O–H groups in total.